The molecule has 0 saturated carbocycles. The first-order valence-corrected chi connectivity index (χ1v) is 6.98. The van der Waals surface area contributed by atoms with Gasteiger partial charge in [0.2, 0.25) is 0 Å². The zero-order valence-corrected chi connectivity index (χ0v) is 16.4. The zero-order valence-electron chi connectivity index (χ0n) is 13.9. The number of hydrogen-bond donors (Lipinski definition) is 0. The summed E-state index contributed by atoms with van der Waals surface area (Å²) >= 11 is 0. The van der Waals surface area contributed by atoms with Gasteiger partial charge in [-0.2, -0.15) is 17.4 Å². The van der Waals surface area contributed by atoms with Crippen molar-refractivity contribution in [1.29, 1.82) is 0 Å². The van der Waals surface area contributed by atoms with Crippen LogP contribution in [0.15, 0.2) is 66.7 Å². The Morgan fingerprint density at radius 1 is 0.783 bits per heavy atom. The van der Waals surface area contributed by atoms with Crippen LogP contribution in [0.5, 0.6) is 0 Å². The maximum absolute atomic E-state index is 3.66. The number of benzene rings is 3. The zero-order chi connectivity index (χ0) is 13.6. The fourth-order valence-corrected chi connectivity index (χ4v) is 3.19. The molecule has 0 amide bonds. The van der Waals surface area contributed by atoms with Crippen molar-refractivity contribution in [2.45, 2.75) is 12.3 Å². The minimum Gasteiger partial charge on any atom is -0.358 e. The molecule has 0 bridgehead atoms. The van der Waals surface area contributed by atoms with Crippen molar-refractivity contribution >= 4 is 22.9 Å². The van der Waals surface area contributed by atoms with E-state index in [9.17, 15) is 0 Å². The van der Waals surface area contributed by atoms with Crippen molar-refractivity contribution in [2.75, 3.05) is 0 Å². The van der Waals surface area contributed by atoms with Crippen molar-refractivity contribution in [3.63, 3.8) is 0 Å². The van der Waals surface area contributed by atoms with E-state index in [1.165, 1.54) is 26.8 Å². The van der Waals surface area contributed by atoms with Gasteiger partial charge in [0, 0.05) is 0 Å². The molecule has 0 saturated heterocycles. The van der Waals surface area contributed by atoms with Gasteiger partial charge in [-0.05, 0) is 21.8 Å². The largest absolute Gasteiger partial charge is 3.00 e. The summed E-state index contributed by atoms with van der Waals surface area (Å²) in [7, 11) is 0. The Balaban J connectivity index is 0.000000882. The van der Waals surface area contributed by atoms with E-state index in [2.05, 4.69) is 85.8 Å². The molecule has 1 unspecified atom stereocenters. The number of rotatable bonds is 1. The summed E-state index contributed by atoms with van der Waals surface area (Å²) in [5.41, 5.74) is 1.18. The van der Waals surface area contributed by atoms with Gasteiger partial charge in [-0.3, -0.25) is 0 Å². The second-order valence-corrected chi connectivity index (χ2v) is 5.59. The average Bonchev–Trinajstić information content (AvgIpc) is 2.84. The number of hydrogen-bond acceptors (Lipinski definition) is 0. The van der Waals surface area contributed by atoms with Gasteiger partial charge in [-0.15, -0.1) is 23.4 Å². The third kappa shape index (κ3) is 3.26. The van der Waals surface area contributed by atoms with Crippen molar-refractivity contribution < 1.29 is 26.2 Å². The van der Waals surface area contributed by atoms with Crippen molar-refractivity contribution in [3.8, 4) is 0 Å². The molecule has 0 spiro atoms. The Labute approximate surface area is 158 Å². The fraction of sp³-hybridized carbons (Fsp3) is 0.0909. The molecule has 0 fully saturated rings. The summed E-state index contributed by atoms with van der Waals surface area (Å²) in [6, 6.07) is 23.6. The fourth-order valence-electron chi connectivity index (χ4n) is 3.19. The van der Waals surface area contributed by atoms with E-state index in [-0.39, 0.29) is 46.5 Å². The van der Waals surface area contributed by atoms with E-state index in [0.717, 1.165) is 0 Å². The smallest absolute Gasteiger partial charge is 0.358 e. The van der Waals surface area contributed by atoms with Crippen LogP contribution >= 0.6 is 0 Å². The second kappa shape index (κ2) is 7.41. The van der Waals surface area contributed by atoms with Crippen LogP contribution in [-0.2, 0) is 31.6 Å². The summed E-state index contributed by atoms with van der Waals surface area (Å²) in [4.78, 5) is 0. The molecule has 0 aliphatic heterocycles. The minimum atomic E-state index is -0.148. The second-order valence-electron chi connectivity index (χ2n) is 5.59. The van der Waals surface area contributed by atoms with Gasteiger partial charge in [0.15, 0.2) is 0 Å². The van der Waals surface area contributed by atoms with E-state index in [1.54, 1.807) is 0 Å². The van der Waals surface area contributed by atoms with Crippen molar-refractivity contribution in [3.05, 3.63) is 97.6 Å². The number of fused-ring (bicyclic) bond motifs is 2. The molecule has 3 aromatic rings. The quantitative estimate of drug-likeness (QED) is 0.560. The van der Waals surface area contributed by atoms with Crippen LogP contribution in [0.2, 0.25) is 0 Å². The molecular formula is C22H21Zr. The van der Waals surface area contributed by atoms with Gasteiger partial charge >= 0.3 is 26.2 Å². The van der Waals surface area contributed by atoms with Crippen molar-refractivity contribution in [2.24, 2.45) is 0 Å². The summed E-state index contributed by atoms with van der Waals surface area (Å²) in [5.74, 6) is 0. The van der Waals surface area contributed by atoms with Crippen LogP contribution in [0, 0.1) is 14.9 Å². The monoisotopic (exact) mass is 375 g/mol. The molecule has 1 aliphatic carbocycles. The van der Waals surface area contributed by atoms with E-state index in [0.29, 0.717) is 0 Å². The van der Waals surface area contributed by atoms with Gasteiger partial charge < -0.3 is 14.9 Å². The van der Waals surface area contributed by atoms with E-state index in [4.69, 9.17) is 0 Å². The minimum absolute atomic E-state index is 0. The van der Waals surface area contributed by atoms with E-state index in [1.807, 2.05) is 0 Å². The Morgan fingerprint density at radius 2 is 1.43 bits per heavy atom. The molecule has 113 valence electrons. The van der Waals surface area contributed by atoms with Crippen LogP contribution in [0.1, 0.15) is 12.5 Å². The average molecular weight is 377 g/mol. The van der Waals surface area contributed by atoms with Gasteiger partial charge in [-0.1, -0.05) is 55.5 Å². The first-order valence-electron chi connectivity index (χ1n) is 6.98. The molecule has 0 aromatic heterocycles. The molecule has 1 atom stereocenters. The third-order valence-electron chi connectivity index (χ3n) is 4.15. The van der Waals surface area contributed by atoms with Gasteiger partial charge in [0.25, 0.3) is 0 Å². The van der Waals surface area contributed by atoms with Gasteiger partial charge in [-0.25, -0.2) is 0 Å². The molecule has 1 radical (unpaired) electrons. The topological polar surface area (TPSA) is 0 Å². The maximum Gasteiger partial charge on any atom is 3.00 e. The molecule has 23 heavy (non-hydrogen) atoms. The van der Waals surface area contributed by atoms with Crippen LogP contribution in [0.3, 0.4) is 0 Å². The van der Waals surface area contributed by atoms with Gasteiger partial charge in [0.1, 0.15) is 0 Å². The van der Waals surface area contributed by atoms with Gasteiger partial charge in [0.05, 0.1) is 0 Å². The van der Waals surface area contributed by atoms with Crippen LogP contribution in [-0.4, -0.2) is 0 Å². The Bertz CT molecular complexity index is 882. The third-order valence-corrected chi connectivity index (χ3v) is 4.15. The maximum atomic E-state index is 3.66. The standard InChI is InChI=1S/C20H15.2CH3.Zr/c1-20(13-16-8-2-3-9-17(16)14-20)19-12-6-10-15-7-4-5-11-18(15)19;;;/h2-13H,1H3;2*1H3;/q3*-1;+3. The Morgan fingerprint density at radius 3 is 2.22 bits per heavy atom. The molecule has 3 aromatic carbocycles. The van der Waals surface area contributed by atoms with Crippen molar-refractivity contribution in [1.82, 2.24) is 0 Å². The molecule has 0 N–H and O–H groups in total. The van der Waals surface area contributed by atoms with Crippen LogP contribution in [0.4, 0.5) is 0 Å². The summed E-state index contributed by atoms with van der Waals surface area (Å²) in [5, 5.41) is 5.09. The summed E-state index contributed by atoms with van der Waals surface area (Å²) < 4.78 is 0. The van der Waals surface area contributed by atoms with Crippen LogP contribution in [0.25, 0.3) is 22.9 Å². The van der Waals surface area contributed by atoms with E-state index < -0.39 is 0 Å². The van der Waals surface area contributed by atoms with E-state index >= 15 is 0 Å². The van der Waals surface area contributed by atoms with Crippen LogP contribution < -0.4 is 10.4 Å². The molecular weight excluding hydrogens is 355 g/mol. The molecule has 1 aliphatic rings. The predicted octanol–water partition coefficient (Wildman–Crippen LogP) is 4.15. The Hall–Kier alpha value is -1.46. The molecule has 0 nitrogen and oxygen atoms in total. The SMILES string of the molecule is CC1(c2cccc3ccccc23)[C-]=c2ccccc2=C1.[CH3-].[CH3-].[Zr+3]. The first kappa shape index (κ1) is 19.6. The normalized spacial score (nSPS) is 17.6. The summed E-state index contributed by atoms with van der Waals surface area (Å²) in [6.45, 7) is 2.24. The Kier molecular flexibility index (Phi) is 6.31. The summed E-state index contributed by atoms with van der Waals surface area (Å²) in [6.07, 6.45) is 5.99. The predicted molar refractivity (Wildman–Crippen MR) is 97.7 cm³/mol. The first-order chi connectivity index (χ1) is 9.76. The molecule has 4 rings (SSSR count). The molecule has 1 heteroatoms. The molecule has 0 heterocycles.